The van der Waals surface area contributed by atoms with E-state index < -0.39 is 0 Å². The van der Waals surface area contributed by atoms with Crippen LogP contribution in [0.3, 0.4) is 0 Å². The molecule has 0 aromatic carbocycles. The quantitative estimate of drug-likeness (QED) is 0.634. The summed E-state index contributed by atoms with van der Waals surface area (Å²) in [5, 5.41) is 0. The van der Waals surface area contributed by atoms with Gasteiger partial charge in [0.05, 0.1) is 20.6 Å². The topological polar surface area (TPSA) is 52.6 Å². The van der Waals surface area contributed by atoms with Gasteiger partial charge in [0.1, 0.15) is 0 Å². The molecule has 0 heterocycles. The second kappa shape index (κ2) is 5.62. The average Bonchev–Trinajstić information content (AvgIpc) is 2.13. The van der Waals surface area contributed by atoms with Crippen LogP contribution < -0.4 is 0 Å². The van der Waals surface area contributed by atoms with E-state index in [1.54, 1.807) is 0 Å². The zero-order valence-corrected chi connectivity index (χ0v) is 9.25. The highest BCUT2D eigenvalue weighted by molar-refractivity contribution is 5.71. The van der Waals surface area contributed by atoms with E-state index in [4.69, 9.17) is 0 Å². The van der Waals surface area contributed by atoms with Gasteiger partial charge in [0.2, 0.25) is 0 Å². The van der Waals surface area contributed by atoms with Crippen LogP contribution in [-0.4, -0.2) is 26.2 Å². The van der Waals surface area contributed by atoms with Crippen LogP contribution in [0.15, 0.2) is 0 Å². The molecule has 0 rings (SSSR count). The molecule has 0 amide bonds. The van der Waals surface area contributed by atoms with Gasteiger partial charge >= 0.3 is 11.9 Å². The first kappa shape index (κ1) is 12.9. The molecule has 0 atom stereocenters. The summed E-state index contributed by atoms with van der Waals surface area (Å²) < 4.78 is 9.09. The molecule has 0 unspecified atom stereocenters. The van der Waals surface area contributed by atoms with Gasteiger partial charge in [-0.15, -0.1) is 0 Å². The zero-order valence-electron chi connectivity index (χ0n) is 9.25. The molecule has 0 aliphatic carbocycles. The number of esters is 2. The van der Waals surface area contributed by atoms with Crippen molar-refractivity contribution in [3.8, 4) is 0 Å². The maximum Gasteiger partial charge on any atom is 0.306 e. The van der Waals surface area contributed by atoms with Gasteiger partial charge in [-0.1, -0.05) is 13.8 Å². The molecular formula is C10H18O4. The molecule has 82 valence electrons. The molecule has 0 aromatic heterocycles. The smallest absolute Gasteiger partial charge is 0.306 e. The molecule has 0 aliphatic heterocycles. The maximum absolute atomic E-state index is 11.0. The predicted octanol–water partition coefficient (Wildman–Crippen LogP) is 1.53. The van der Waals surface area contributed by atoms with Crippen LogP contribution >= 0.6 is 0 Å². The summed E-state index contributed by atoms with van der Waals surface area (Å²) in [6.07, 6.45) is 1.27. The van der Waals surface area contributed by atoms with Crippen LogP contribution in [-0.2, 0) is 19.1 Å². The van der Waals surface area contributed by atoms with E-state index in [-0.39, 0.29) is 17.4 Å². The minimum atomic E-state index is -0.250. The second-order valence-corrected chi connectivity index (χ2v) is 3.99. The summed E-state index contributed by atoms with van der Waals surface area (Å²) in [6, 6.07) is 0. The van der Waals surface area contributed by atoms with E-state index in [1.165, 1.54) is 14.2 Å². The Bertz CT molecular complexity index is 208. The molecular weight excluding hydrogens is 184 g/mol. The van der Waals surface area contributed by atoms with Crippen LogP contribution in [0, 0.1) is 5.41 Å². The van der Waals surface area contributed by atoms with Gasteiger partial charge in [0, 0.05) is 6.42 Å². The van der Waals surface area contributed by atoms with E-state index in [9.17, 15) is 9.59 Å². The van der Waals surface area contributed by atoms with Crippen molar-refractivity contribution in [1.82, 2.24) is 0 Å². The van der Waals surface area contributed by atoms with Crippen molar-refractivity contribution >= 4 is 11.9 Å². The number of methoxy groups -OCH3 is 2. The normalized spacial score (nSPS) is 10.9. The van der Waals surface area contributed by atoms with Crippen molar-refractivity contribution in [2.45, 2.75) is 33.1 Å². The van der Waals surface area contributed by atoms with Crippen LogP contribution in [0.4, 0.5) is 0 Å². The van der Waals surface area contributed by atoms with Gasteiger partial charge in [-0.05, 0) is 11.8 Å². The predicted molar refractivity (Wildman–Crippen MR) is 51.7 cm³/mol. The largest absolute Gasteiger partial charge is 0.469 e. The molecule has 0 saturated carbocycles. The van der Waals surface area contributed by atoms with Crippen molar-refractivity contribution in [2.24, 2.45) is 5.41 Å². The van der Waals surface area contributed by atoms with Gasteiger partial charge in [0.15, 0.2) is 0 Å². The summed E-state index contributed by atoms with van der Waals surface area (Å²) in [7, 11) is 2.72. The molecule has 0 saturated heterocycles. The van der Waals surface area contributed by atoms with E-state index >= 15 is 0 Å². The molecule has 4 nitrogen and oxygen atoms in total. The van der Waals surface area contributed by atoms with Gasteiger partial charge < -0.3 is 9.47 Å². The number of rotatable bonds is 5. The van der Waals surface area contributed by atoms with Crippen molar-refractivity contribution < 1.29 is 19.1 Å². The van der Waals surface area contributed by atoms with E-state index in [0.717, 1.165) is 0 Å². The molecule has 0 N–H and O–H groups in total. The summed E-state index contributed by atoms with van der Waals surface area (Å²) >= 11 is 0. The molecule has 0 bridgehead atoms. The fourth-order valence-corrected chi connectivity index (χ4v) is 1.09. The van der Waals surface area contributed by atoms with Crippen molar-refractivity contribution in [1.29, 1.82) is 0 Å². The third-order valence-corrected chi connectivity index (χ3v) is 2.08. The molecule has 14 heavy (non-hydrogen) atoms. The minimum Gasteiger partial charge on any atom is -0.469 e. The maximum atomic E-state index is 11.0. The number of hydrogen-bond acceptors (Lipinski definition) is 4. The summed E-state index contributed by atoms with van der Waals surface area (Å²) in [4.78, 5) is 21.9. The SMILES string of the molecule is COC(=O)CCC(C)(C)CC(=O)OC. The van der Waals surface area contributed by atoms with Gasteiger partial charge in [-0.2, -0.15) is 0 Å². The minimum absolute atomic E-state index is 0.221. The Morgan fingerprint density at radius 1 is 1.07 bits per heavy atom. The lowest BCUT2D eigenvalue weighted by Gasteiger charge is -2.22. The van der Waals surface area contributed by atoms with Gasteiger partial charge in [-0.3, -0.25) is 9.59 Å². The monoisotopic (exact) mass is 202 g/mol. The fraction of sp³-hybridized carbons (Fsp3) is 0.800. The lowest BCUT2D eigenvalue weighted by molar-refractivity contribution is -0.145. The molecule has 0 fully saturated rings. The Kier molecular flexibility index (Phi) is 5.20. The average molecular weight is 202 g/mol. The number of ether oxygens (including phenoxy) is 2. The van der Waals surface area contributed by atoms with Gasteiger partial charge in [0.25, 0.3) is 0 Å². The highest BCUT2D eigenvalue weighted by Crippen LogP contribution is 2.27. The Morgan fingerprint density at radius 2 is 1.57 bits per heavy atom. The van der Waals surface area contributed by atoms with E-state index in [0.29, 0.717) is 19.3 Å². The highest BCUT2D eigenvalue weighted by Gasteiger charge is 2.23. The summed E-state index contributed by atoms with van der Waals surface area (Å²) in [5.74, 6) is -0.497. The lowest BCUT2D eigenvalue weighted by atomic mass is 9.84. The molecule has 0 aromatic rings. The molecule has 4 heteroatoms. The van der Waals surface area contributed by atoms with Crippen LogP contribution in [0.5, 0.6) is 0 Å². The third kappa shape index (κ3) is 5.56. The number of hydrogen-bond donors (Lipinski definition) is 0. The van der Waals surface area contributed by atoms with Crippen LogP contribution in [0.2, 0.25) is 0 Å². The number of carbonyl (C=O) groups is 2. The van der Waals surface area contributed by atoms with Crippen molar-refractivity contribution in [3.63, 3.8) is 0 Å². The summed E-state index contributed by atoms with van der Waals surface area (Å²) in [5.41, 5.74) is -0.221. The van der Waals surface area contributed by atoms with E-state index in [1.807, 2.05) is 13.8 Å². The Hall–Kier alpha value is -1.06. The van der Waals surface area contributed by atoms with Crippen molar-refractivity contribution in [3.05, 3.63) is 0 Å². The highest BCUT2D eigenvalue weighted by atomic mass is 16.5. The Balaban J connectivity index is 3.94. The fourth-order valence-electron chi connectivity index (χ4n) is 1.09. The Morgan fingerprint density at radius 3 is 2.00 bits per heavy atom. The first-order chi connectivity index (χ1) is 6.41. The van der Waals surface area contributed by atoms with Gasteiger partial charge in [-0.25, -0.2) is 0 Å². The van der Waals surface area contributed by atoms with Crippen LogP contribution in [0.1, 0.15) is 33.1 Å². The van der Waals surface area contributed by atoms with Crippen molar-refractivity contribution in [2.75, 3.05) is 14.2 Å². The first-order valence-corrected chi connectivity index (χ1v) is 4.55. The third-order valence-electron chi connectivity index (χ3n) is 2.08. The first-order valence-electron chi connectivity index (χ1n) is 4.55. The summed E-state index contributed by atoms with van der Waals surface area (Å²) in [6.45, 7) is 3.85. The second-order valence-electron chi connectivity index (χ2n) is 3.99. The van der Waals surface area contributed by atoms with E-state index in [2.05, 4.69) is 9.47 Å². The van der Waals surface area contributed by atoms with Crippen LogP contribution in [0.25, 0.3) is 0 Å². The standard InChI is InChI=1S/C10H18O4/c1-10(2,7-9(12)14-4)6-5-8(11)13-3/h5-7H2,1-4H3. The number of carbonyl (C=O) groups excluding carboxylic acids is 2. The molecule has 0 radical (unpaired) electrons. The molecule has 0 aliphatic rings. The molecule has 0 spiro atoms. The zero-order chi connectivity index (χ0) is 11.2. The Labute approximate surface area is 84.6 Å². The lowest BCUT2D eigenvalue weighted by Crippen LogP contribution is -2.19.